The standard InChI is InChI=1S/C22H26O6S2/c23-9-10-28-22(26)21-8-6-17(30-21)13-27-12-16-5-7-19(25)18(16)14-29-20-4-2-1-3-15(20)11-24/h1-4,6,8,16,18,23-24H,5,7,9-14H2/t16-,18-/m1/s1. The zero-order chi connectivity index (χ0) is 21.3. The van der Waals surface area contributed by atoms with E-state index in [4.69, 9.17) is 14.6 Å². The van der Waals surface area contributed by atoms with Crippen molar-refractivity contribution in [2.45, 2.75) is 31.0 Å². The van der Waals surface area contributed by atoms with E-state index in [-0.39, 0.29) is 37.4 Å². The summed E-state index contributed by atoms with van der Waals surface area (Å²) in [7, 11) is 0. The Kier molecular flexibility index (Phi) is 8.89. The second-order valence-corrected chi connectivity index (χ2v) is 9.32. The van der Waals surface area contributed by atoms with Crippen LogP contribution in [-0.2, 0) is 27.5 Å². The predicted molar refractivity (Wildman–Crippen MR) is 116 cm³/mol. The molecule has 2 atom stereocenters. The average molecular weight is 451 g/mol. The van der Waals surface area contributed by atoms with Crippen molar-refractivity contribution in [3.63, 3.8) is 0 Å². The summed E-state index contributed by atoms with van der Waals surface area (Å²) in [5.74, 6) is 0.655. The predicted octanol–water partition coefficient (Wildman–Crippen LogP) is 3.29. The lowest BCUT2D eigenvalue weighted by atomic mass is 9.98. The fraction of sp³-hybridized carbons (Fsp3) is 0.455. The van der Waals surface area contributed by atoms with Crippen molar-refractivity contribution < 1.29 is 29.3 Å². The molecule has 0 saturated heterocycles. The first-order valence-electron chi connectivity index (χ1n) is 9.91. The van der Waals surface area contributed by atoms with Gasteiger partial charge in [-0.2, -0.15) is 0 Å². The van der Waals surface area contributed by atoms with E-state index in [0.717, 1.165) is 21.8 Å². The van der Waals surface area contributed by atoms with Crippen LogP contribution in [0, 0.1) is 11.8 Å². The molecule has 1 heterocycles. The lowest BCUT2D eigenvalue weighted by molar-refractivity contribution is -0.120. The third-order valence-electron chi connectivity index (χ3n) is 5.07. The highest BCUT2D eigenvalue weighted by molar-refractivity contribution is 7.99. The smallest absolute Gasteiger partial charge is 0.348 e. The molecule has 1 aromatic heterocycles. The van der Waals surface area contributed by atoms with Crippen molar-refractivity contribution in [3.8, 4) is 0 Å². The highest BCUT2D eigenvalue weighted by Crippen LogP contribution is 2.35. The van der Waals surface area contributed by atoms with E-state index in [0.29, 0.717) is 30.3 Å². The van der Waals surface area contributed by atoms with Crippen molar-refractivity contribution in [1.82, 2.24) is 0 Å². The maximum atomic E-state index is 12.4. The van der Waals surface area contributed by atoms with Gasteiger partial charge in [0, 0.05) is 27.9 Å². The number of thioether (sulfide) groups is 1. The van der Waals surface area contributed by atoms with Gasteiger partial charge in [-0.25, -0.2) is 4.79 Å². The molecule has 2 N–H and O–H groups in total. The Balaban J connectivity index is 1.48. The Morgan fingerprint density at radius 2 is 2.03 bits per heavy atom. The van der Waals surface area contributed by atoms with Gasteiger partial charge < -0.3 is 19.7 Å². The summed E-state index contributed by atoms with van der Waals surface area (Å²) in [5.41, 5.74) is 0.881. The fourth-order valence-electron chi connectivity index (χ4n) is 3.45. The molecular formula is C22H26O6S2. The van der Waals surface area contributed by atoms with Crippen LogP contribution in [0.5, 0.6) is 0 Å². The van der Waals surface area contributed by atoms with Crippen molar-refractivity contribution in [2.75, 3.05) is 25.6 Å². The van der Waals surface area contributed by atoms with E-state index in [1.165, 1.54) is 11.3 Å². The molecule has 1 fully saturated rings. The molecule has 8 heteroatoms. The monoisotopic (exact) mass is 450 g/mol. The molecule has 6 nitrogen and oxygen atoms in total. The largest absolute Gasteiger partial charge is 0.459 e. The minimum Gasteiger partial charge on any atom is -0.459 e. The molecule has 0 spiro atoms. The number of aliphatic hydroxyl groups excluding tert-OH is 2. The van der Waals surface area contributed by atoms with Crippen LogP contribution in [0.4, 0.5) is 0 Å². The molecule has 2 aromatic rings. The van der Waals surface area contributed by atoms with Gasteiger partial charge in [0.05, 0.1) is 26.4 Å². The minimum absolute atomic E-state index is 0.00926. The summed E-state index contributed by atoms with van der Waals surface area (Å²) in [5, 5.41) is 18.2. The Hall–Kier alpha value is -1.71. The number of hydrogen-bond donors (Lipinski definition) is 2. The summed E-state index contributed by atoms with van der Waals surface area (Å²) < 4.78 is 10.8. The highest BCUT2D eigenvalue weighted by Gasteiger charge is 2.34. The normalized spacial score (nSPS) is 18.7. The second kappa shape index (κ2) is 11.6. The summed E-state index contributed by atoms with van der Waals surface area (Å²) in [6.45, 7) is 0.667. The first-order chi connectivity index (χ1) is 14.6. The van der Waals surface area contributed by atoms with E-state index >= 15 is 0 Å². The van der Waals surface area contributed by atoms with Gasteiger partial charge >= 0.3 is 5.97 Å². The van der Waals surface area contributed by atoms with Gasteiger partial charge in [-0.15, -0.1) is 23.1 Å². The minimum atomic E-state index is -0.443. The number of esters is 1. The van der Waals surface area contributed by atoms with Gasteiger partial charge in [0.25, 0.3) is 0 Å². The zero-order valence-electron chi connectivity index (χ0n) is 16.6. The molecule has 0 radical (unpaired) electrons. The summed E-state index contributed by atoms with van der Waals surface area (Å²) in [4.78, 5) is 26.6. The van der Waals surface area contributed by atoms with E-state index in [9.17, 15) is 14.7 Å². The van der Waals surface area contributed by atoms with Crippen LogP contribution in [0.2, 0.25) is 0 Å². The van der Waals surface area contributed by atoms with Crippen molar-refractivity contribution in [1.29, 1.82) is 0 Å². The number of carbonyl (C=O) groups excluding carboxylic acids is 2. The molecule has 1 aliphatic rings. The molecule has 0 unspecified atom stereocenters. The van der Waals surface area contributed by atoms with Crippen LogP contribution in [0.1, 0.15) is 33.0 Å². The maximum Gasteiger partial charge on any atom is 0.348 e. The number of ether oxygens (including phenoxy) is 2. The molecule has 1 aromatic carbocycles. The zero-order valence-corrected chi connectivity index (χ0v) is 18.3. The van der Waals surface area contributed by atoms with Crippen LogP contribution in [0.25, 0.3) is 0 Å². The quantitative estimate of drug-likeness (QED) is 0.401. The molecular weight excluding hydrogens is 424 g/mol. The fourth-order valence-corrected chi connectivity index (χ4v) is 5.60. The first kappa shape index (κ1) is 23.0. The first-order valence-corrected chi connectivity index (χ1v) is 11.7. The van der Waals surface area contributed by atoms with Gasteiger partial charge in [-0.05, 0) is 36.1 Å². The number of benzene rings is 1. The van der Waals surface area contributed by atoms with Crippen LogP contribution in [0.15, 0.2) is 41.3 Å². The van der Waals surface area contributed by atoms with Crippen molar-refractivity contribution >= 4 is 34.9 Å². The van der Waals surface area contributed by atoms with Crippen molar-refractivity contribution in [3.05, 3.63) is 51.7 Å². The highest BCUT2D eigenvalue weighted by atomic mass is 32.2. The Bertz CT molecular complexity index is 850. The summed E-state index contributed by atoms with van der Waals surface area (Å²) >= 11 is 2.93. The van der Waals surface area contributed by atoms with Gasteiger partial charge in [0.15, 0.2) is 0 Å². The van der Waals surface area contributed by atoms with E-state index in [1.807, 2.05) is 30.3 Å². The summed E-state index contributed by atoms with van der Waals surface area (Å²) in [6, 6.07) is 11.2. The van der Waals surface area contributed by atoms with Gasteiger partial charge in [0.1, 0.15) is 17.3 Å². The second-order valence-electron chi connectivity index (χ2n) is 7.09. The molecule has 162 valence electrons. The lowest BCUT2D eigenvalue weighted by Crippen LogP contribution is -2.21. The SMILES string of the molecule is O=C(OCCO)c1ccc(COC[C@H]2CCC(=O)[C@@H]2CSc2ccccc2CO)s1. The average Bonchev–Trinajstić information content (AvgIpc) is 3.38. The van der Waals surface area contributed by atoms with Gasteiger partial charge in [0.2, 0.25) is 0 Å². The Labute approximate surface area is 184 Å². The van der Waals surface area contributed by atoms with E-state index < -0.39 is 5.97 Å². The number of rotatable bonds is 11. The molecule has 1 saturated carbocycles. The number of Topliss-reactive ketones (excluding diaryl/α,β-unsaturated/α-hetero) is 1. The number of ketones is 1. The molecule has 0 aliphatic heterocycles. The molecule has 0 bridgehead atoms. The number of aliphatic hydroxyl groups is 2. The van der Waals surface area contributed by atoms with Crippen LogP contribution >= 0.6 is 23.1 Å². The molecule has 3 rings (SSSR count). The van der Waals surface area contributed by atoms with Crippen LogP contribution in [-0.4, -0.2) is 47.5 Å². The molecule has 30 heavy (non-hydrogen) atoms. The van der Waals surface area contributed by atoms with Crippen LogP contribution in [0.3, 0.4) is 0 Å². The van der Waals surface area contributed by atoms with E-state index in [2.05, 4.69) is 0 Å². The molecule has 0 amide bonds. The maximum absolute atomic E-state index is 12.4. The Morgan fingerprint density at radius 3 is 2.83 bits per heavy atom. The van der Waals surface area contributed by atoms with Gasteiger partial charge in [-0.3, -0.25) is 4.79 Å². The third-order valence-corrected chi connectivity index (χ3v) is 7.34. The third kappa shape index (κ3) is 6.15. The topological polar surface area (TPSA) is 93.1 Å². The van der Waals surface area contributed by atoms with E-state index in [1.54, 1.807) is 17.8 Å². The van der Waals surface area contributed by atoms with Gasteiger partial charge in [-0.1, -0.05) is 18.2 Å². The molecule has 1 aliphatic carbocycles. The number of thiophene rings is 1. The van der Waals surface area contributed by atoms with Crippen LogP contribution < -0.4 is 0 Å². The summed E-state index contributed by atoms with van der Waals surface area (Å²) in [6.07, 6.45) is 1.41. The van der Waals surface area contributed by atoms with Crippen molar-refractivity contribution in [2.24, 2.45) is 11.8 Å². The number of carbonyl (C=O) groups is 2. The number of hydrogen-bond acceptors (Lipinski definition) is 8. The lowest BCUT2D eigenvalue weighted by Gasteiger charge is -2.18. The Morgan fingerprint density at radius 1 is 1.20 bits per heavy atom.